The molecule has 0 unspecified atom stereocenters. The van der Waals surface area contributed by atoms with Crippen LogP contribution in [0, 0.1) is 0 Å². The lowest BCUT2D eigenvalue weighted by atomic mass is 10.1. The maximum absolute atomic E-state index is 8.89. The molecule has 0 radical (unpaired) electrons. The molecule has 17 heavy (non-hydrogen) atoms. The molecule has 0 saturated carbocycles. The first-order valence-electron chi connectivity index (χ1n) is 5.87. The van der Waals surface area contributed by atoms with Crippen LogP contribution >= 0.6 is 0 Å². The summed E-state index contributed by atoms with van der Waals surface area (Å²) in [5, 5.41) is 17.8. The molecule has 4 heteroatoms. The molecule has 2 N–H and O–H groups in total. The van der Waals surface area contributed by atoms with E-state index in [1.807, 2.05) is 29.2 Å². The standard InChI is InChI=1S/C13H21NO3/c1-17-13-4-2-12(3-5-13)6-7-14(8-10-15)9-11-16/h2-5,15-16H,6-11H2,1H3. The average Bonchev–Trinajstić information content (AvgIpc) is 2.37. The molecular weight excluding hydrogens is 218 g/mol. The molecule has 0 aliphatic rings. The van der Waals surface area contributed by atoms with Gasteiger partial charge in [0.05, 0.1) is 20.3 Å². The molecule has 4 nitrogen and oxygen atoms in total. The van der Waals surface area contributed by atoms with Gasteiger partial charge in [0.2, 0.25) is 0 Å². The number of nitrogens with zero attached hydrogens (tertiary/aromatic N) is 1. The van der Waals surface area contributed by atoms with E-state index in [0.717, 1.165) is 18.7 Å². The maximum atomic E-state index is 8.89. The van der Waals surface area contributed by atoms with Gasteiger partial charge in [-0.1, -0.05) is 12.1 Å². The second-order valence-corrected chi connectivity index (χ2v) is 3.89. The fourth-order valence-corrected chi connectivity index (χ4v) is 1.70. The molecule has 0 saturated heterocycles. The average molecular weight is 239 g/mol. The van der Waals surface area contributed by atoms with Gasteiger partial charge < -0.3 is 14.9 Å². The van der Waals surface area contributed by atoms with Crippen LogP contribution in [0.25, 0.3) is 0 Å². The Morgan fingerprint density at radius 1 is 1.00 bits per heavy atom. The summed E-state index contributed by atoms with van der Waals surface area (Å²) in [5.74, 6) is 0.858. The van der Waals surface area contributed by atoms with Crippen molar-refractivity contribution in [2.24, 2.45) is 0 Å². The summed E-state index contributed by atoms with van der Waals surface area (Å²) in [4.78, 5) is 2.05. The minimum Gasteiger partial charge on any atom is -0.497 e. The lowest BCUT2D eigenvalue weighted by Gasteiger charge is -2.19. The zero-order valence-corrected chi connectivity index (χ0v) is 10.3. The SMILES string of the molecule is COc1ccc(CCN(CCO)CCO)cc1. The van der Waals surface area contributed by atoms with Gasteiger partial charge in [0.15, 0.2) is 0 Å². The molecule has 1 aromatic carbocycles. The Balaban J connectivity index is 2.41. The predicted molar refractivity (Wildman–Crippen MR) is 67.3 cm³/mol. The zero-order valence-electron chi connectivity index (χ0n) is 10.3. The van der Waals surface area contributed by atoms with Crippen LogP contribution in [0.2, 0.25) is 0 Å². The van der Waals surface area contributed by atoms with Gasteiger partial charge in [0.25, 0.3) is 0 Å². The van der Waals surface area contributed by atoms with Gasteiger partial charge in [-0.2, -0.15) is 0 Å². The first-order chi connectivity index (χ1) is 8.30. The highest BCUT2D eigenvalue weighted by atomic mass is 16.5. The molecule has 0 spiro atoms. The Morgan fingerprint density at radius 2 is 1.59 bits per heavy atom. The van der Waals surface area contributed by atoms with Crippen LogP contribution < -0.4 is 4.74 Å². The largest absolute Gasteiger partial charge is 0.497 e. The van der Waals surface area contributed by atoms with Crippen molar-refractivity contribution in [1.29, 1.82) is 0 Å². The van der Waals surface area contributed by atoms with Crippen molar-refractivity contribution in [3.63, 3.8) is 0 Å². The van der Waals surface area contributed by atoms with E-state index in [4.69, 9.17) is 14.9 Å². The van der Waals surface area contributed by atoms with Crippen molar-refractivity contribution in [2.45, 2.75) is 6.42 Å². The zero-order chi connectivity index (χ0) is 12.5. The second-order valence-electron chi connectivity index (χ2n) is 3.89. The van der Waals surface area contributed by atoms with Crippen LogP contribution in [0.15, 0.2) is 24.3 Å². The fourth-order valence-electron chi connectivity index (χ4n) is 1.70. The van der Waals surface area contributed by atoms with Crippen molar-refractivity contribution >= 4 is 0 Å². The van der Waals surface area contributed by atoms with Gasteiger partial charge >= 0.3 is 0 Å². The number of rotatable bonds is 8. The summed E-state index contributed by atoms with van der Waals surface area (Å²) in [7, 11) is 1.65. The number of hydrogen-bond acceptors (Lipinski definition) is 4. The van der Waals surface area contributed by atoms with Gasteiger partial charge in [-0.15, -0.1) is 0 Å². The summed E-state index contributed by atoms with van der Waals surface area (Å²) in [6, 6.07) is 7.96. The van der Waals surface area contributed by atoms with E-state index in [0.29, 0.717) is 13.1 Å². The quantitative estimate of drug-likeness (QED) is 0.694. The first-order valence-corrected chi connectivity index (χ1v) is 5.87. The first kappa shape index (κ1) is 14.0. The Labute approximate surface area is 102 Å². The van der Waals surface area contributed by atoms with Gasteiger partial charge in [-0.05, 0) is 24.1 Å². The van der Waals surface area contributed by atoms with Gasteiger partial charge in [0, 0.05) is 19.6 Å². The highest BCUT2D eigenvalue weighted by Gasteiger charge is 2.03. The summed E-state index contributed by atoms with van der Waals surface area (Å²) in [6.45, 7) is 2.31. The van der Waals surface area contributed by atoms with Crippen LogP contribution in [0.3, 0.4) is 0 Å². The number of benzene rings is 1. The number of ether oxygens (including phenoxy) is 1. The van der Waals surface area contributed by atoms with Crippen LogP contribution in [0.4, 0.5) is 0 Å². The molecule has 0 aromatic heterocycles. The van der Waals surface area contributed by atoms with Crippen molar-refractivity contribution in [3.8, 4) is 5.75 Å². The smallest absolute Gasteiger partial charge is 0.118 e. The van der Waals surface area contributed by atoms with E-state index in [1.54, 1.807) is 7.11 Å². The van der Waals surface area contributed by atoms with Crippen molar-refractivity contribution < 1.29 is 14.9 Å². The third-order valence-electron chi connectivity index (χ3n) is 2.71. The minimum atomic E-state index is 0.128. The fraction of sp³-hybridized carbons (Fsp3) is 0.538. The molecule has 0 fully saturated rings. The Bertz CT molecular complexity index is 294. The van der Waals surface area contributed by atoms with E-state index >= 15 is 0 Å². The molecule has 1 rings (SSSR count). The topological polar surface area (TPSA) is 52.9 Å². The van der Waals surface area contributed by atoms with Crippen molar-refractivity contribution in [3.05, 3.63) is 29.8 Å². The lowest BCUT2D eigenvalue weighted by molar-refractivity contribution is 0.162. The number of aliphatic hydroxyl groups is 2. The van der Waals surface area contributed by atoms with Crippen LogP contribution in [-0.2, 0) is 6.42 Å². The number of aliphatic hydroxyl groups excluding tert-OH is 2. The van der Waals surface area contributed by atoms with Crippen LogP contribution in [-0.4, -0.2) is 55.1 Å². The Kier molecular flexibility index (Phi) is 6.62. The molecule has 0 aliphatic carbocycles. The number of methoxy groups -OCH3 is 1. The third kappa shape index (κ3) is 5.17. The van der Waals surface area contributed by atoms with E-state index in [2.05, 4.69) is 0 Å². The predicted octanol–water partition coefficient (Wildman–Crippen LogP) is 0.524. The normalized spacial score (nSPS) is 10.8. The molecule has 0 bridgehead atoms. The highest BCUT2D eigenvalue weighted by molar-refractivity contribution is 5.27. The number of hydrogen-bond donors (Lipinski definition) is 2. The van der Waals surface area contributed by atoms with E-state index in [1.165, 1.54) is 5.56 Å². The second kappa shape index (κ2) is 8.06. The van der Waals surface area contributed by atoms with Crippen molar-refractivity contribution in [1.82, 2.24) is 4.90 Å². The Morgan fingerprint density at radius 3 is 2.06 bits per heavy atom. The van der Waals surface area contributed by atoms with Crippen molar-refractivity contribution in [2.75, 3.05) is 40.0 Å². The lowest BCUT2D eigenvalue weighted by Crippen LogP contribution is -2.31. The maximum Gasteiger partial charge on any atom is 0.118 e. The van der Waals surface area contributed by atoms with Gasteiger partial charge in [-0.25, -0.2) is 0 Å². The van der Waals surface area contributed by atoms with Gasteiger partial charge in [-0.3, -0.25) is 4.90 Å². The molecule has 0 amide bonds. The molecule has 0 heterocycles. The van der Waals surface area contributed by atoms with E-state index in [9.17, 15) is 0 Å². The molecule has 0 aliphatic heterocycles. The summed E-state index contributed by atoms with van der Waals surface area (Å²) in [5.41, 5.74) is 1.23. The summed E-state index contributed by atoms with van der Waals surface area (Å²) in [6.07, 6.45) is 0.907. The highest BCUT2D eigenvalue weighted by Crippen LogP contribution is 2.11. The molecule has 1 aromatic rings. The van der Waals surface area contributed by atoms with E-state index < -0.39 is 0 Å². The third-order valence-corrected chi connectivity index (χ3v) is 2.71. The van der Waals surface area contributed by atoms with E-state index in [-0.39, 0.29) is 13.2 Å². The minimum absolute atomic E-state index is 0.128. The summed E-state index contributed by atoms with van der Waals surface area (Å²) < 4.78 is 5.10. The monoisotopic (exact) mass is 239 g/mol. The molecule has 96 valence electrons. The molecular formula is C13H21NO3. The molecule has 0 atom stereocenters. The van der Waals surface area contributed by atoms with Gasteiger partial charge in [0.1, 0.15) is 5.75 Å². The van der Waals surface area contributed by atoms with Crippen LogP contribution in [0.5, 0.6) is 5.75 Å². The van der Waals surface area contributed by atoms with Crippen LogP contribution in [0.1, 0.15) is 5.56 Å². The Hall–Kier alpha value is -1.10. The summed E-state index contributed by atoms with van der Waals surface area (Å²) >= 11 is 0.